The molecule has 0 radical (unpaired) electrons. The van der Waals surface area contributed by atoms with Crippen molar-refractivity contribution >= 4 is 17.5 Å². The molecule has 8 nitrogen and oxygen atoms in total. The smallest absolute Gasteiger partial charge is 0.246 e. The van der Waals surface area contributed by atoms with Crippen molar-refractivity contribution in [3.8, 4) is 11.5 Å². The molecule has 1 aromatic rings. The highest BCUT2D eigenvalue weighted by Gasteiger charge is 2.82. The molecular weight excluding hydrogens is 458 g/mol. The van der Waals surface area contributed by atoms with Gasteiger partial charge in [-0.25, -0.2) is 0 Å². The van der Waals surface area contributed by atoms with E-state index in [2.05, 4.69) is 24.1 Å². The van der Waals surface area contributed by atoms with Gasteiger partial charge < -0.3 is 24.8 Å². The standard InChI is InChI=1S/C28H35N3O5/c1-23(2)8-10-35-18-12-17-16(11-19(18)36-23)27(21(32)29-17)14-26-15-31-9-7-25(5,34)28(31,22(33)30(26)6)13-20(26)24(27,3)4/h8,10-12,20,34H,7,9,13-15H2,1-6H3,(H,29,32)/t20-,25+,26+,27+,28-/m0/s1. The van der Waals surface area contributed by atoms with Crippen LogP contribution < -0.4 is 14.8 Å². The number of likely N-dealkylation sites (N-methyl/N-ethyl adjacent to an activating group) is 1. The molecule has 36 heavy (non-hydrogen) atoms. The molecular formula is C28H35N3O5. The fourth-order valence-corrected chi connectivity index (χ4v) is 9.00. The number of carbonyl (C=O) groups excluding carboxylic acids is 2. The second kappa shape index (κ2) is 6.10. The van der Waals surface area contributed by atoms with Crippen LogP contribution in [0.4, 0.5) is 5.69 Å². The minimum atomic E-state index is -1.10. The number of carbonyl (C=O) groups is 2. The molecule has 6 aliphatic heterocycles. The highest BCUT2D eigenvalue weighted by atomic mass is 16.5. The summed E-state index contributed by atoms with van der Waals surface area (Å²) in [5, 5.41) is 14.7. The third-order valence-electron chi connectivity index (χ3n) is 11.0. The minimum Gasteiger partial charge on any atom is -0.480 e. The third-order valence-corrected chi connectivity index (χ3v) is 11.0. The van der Waals surface area contributed by atoms with Crippen LogP contribution in [-0.4, -0.2) is 69.1 Å². The molecule has 2 bridgehead atoms. The molecule has 5 atom stereocenters. The number of benzene rings is 1. The van der Waals surface area contributed by atoms with Crippen molar-refractivity contribution in [2.75, 3.05) is 25.5 Å². The first-order chi connectivity index (χ1) is 16.7. The van der Waals surface area contributed by atoms with Gasteiger partial charge in [-0.15, -0.1) is 0 Å². The van der Waals surface area contributed by atoms with Crippen molar-refractivity contribution in [3.05, 3.63) is 30.0 Å². The zero-order chi connectivity index (χ0) is 25.7. The van der Waals surface area contributed by atoms with Crippen LogP contribution in [-0.2, 0) is 15.0 Å². The van der Waals surface area contributed by atoms with Crippen molar-refractivity contribution in [1.82, 2.24) is 9.80 Å². The van der Waals surface area contributed by atoms with Crippen LogP contribution in [0.1, 0.15) is 59.4 Å². The zero-order valence-corrected chi connectivity index (χ0v) is 21.9. The number of hydrogen-bond acceptors (Lipinski definition) is 6. The number of anilines is 1. The predicted molar refractivity (Wildman–Crippen MR) is 133 cm³/mol. The van der Waals surface area contributed by atoms with Crippen LogP contribution in [0.3, 0.4) is 0 Å². The van der Waals surface area contributed by atoms with Gasteiger partial charge in [-0.3, -0.25) is 14.5 Å². The number of piperidine rings is 2. The maximum absolute atomic E-state index is 14.1. The van der Waals surface area contributed by atoms with Crippen molar-refractivity contribution in [1.29, 1.82) is 0 Å². The molecule has 1 aromatic carbocycles. The number of fused-ring (bicyclic) bond motifs is 4. The zero-order valence-electron chi connectivity index (χ0n) is 21.9. The van der Waals surface area contributed by atoms with Crippen molar-refractivity contribution in [2.45, 2.75) is 81.6 Å². The van der Waals surface area contributed by atoms with E-state index in [0.29, 0.717) is 43.9 Å². The van der Waals surface area contributed by atoms with Crippen molar-refractivity contribution < 1.29 is 24.2 Å². The minimum absolute atomic E-state index is 0.00883. The lowest BCUT2D eigenvalue weighted by Crippen LogP contribution is -2.82. The Hall–Kier alpha value is -2.58. The van der Waals surface area contributed by atoms with Gasteiger partial charge in [0.15, 0.2) is 11.5 Å². The van der Waals surface area contributed by atoms with Crippen LogP contribution in [0.25, 0.3) is 0 Å². The average molecular weight is 494 g/mol. The van der Waals surface area contributed by atoms with Gasteiger partial charge in [0.05, 0.1) is 22.8 Å². The van der Waals surface area contributed by atoms with Gasteiger partial charge in [0.25, 0.3) is 0 Å². The van der Waals surface area contributed by atoms with Crippen LogP contribution in [0, 0.1) is 11.3 Å². The topological polar surface area (TPSA) is 91.3 Å². The predicted octanol–water partition coefficient (Wildman–Crippen LogP) is 2.80. The highest BCUT2D eigenvalue weighted by Crippen LogP contribution is 2.72. The number of nitrogens with one attached hydrogen (secondary N) is 1. The van der Waals surface area contributed by atoms with E-state index >= 15 is 0 Å². The molecule has 1 aliphatic carbocycles. The van der Waals surface area contributed by atoms with E-state index in [0.717, 1.165) is 11.3 Å². The second-order valence-corrected chi connectivity index (χ2v) is 13.3. The van der Waals surface area contributed by atoms with Crippen molar-refractivity contribution in [2.24, 2.45) is 11.3 Å². The lowest BCUT2D eigenvalue weighted by Gasteiger charge is -2.65. The molecule has 1 saturated carbocycles. The van der Waals surface area contributed by atoms with Crippen LogP contribution >= 0.6 is 0 Å². The molecule has 5 fully saturated rings. The summed E-state index contributed by atoms with van der Waals surface area (Å²) in [6.45, 7) is 11.5. The Bertz CT molecular complexity index is 1280. The van der Waals surface area contributed by atoms with Gasteiger partial charge in [-0.2, -0.15) is 0 Å². The van der Waals surface area contributed by atoms with E-state index in [1.807, 2.05) is 50.9 Å². The number of aliphatic hydroxyl groups is 1. The highest BCUT2D eigenvalue weighted by molar-refractivity contribution is 6.08. The monoisotopic (exact) mass is 493 g/mol. The molecule has 6 heterocycles. The summed E-state index contributed by atoms with van der Waals surface area (Å²) in [5.74, 6) is 1.18. The van der Waals surface area contributed by atoms with E-state index in [-0.39, 0.29) is 17.7 Å². The molecule has 2 amide bonds. The fraction of sp³-hybridized carbons (Fsp3) is 0.643. The number of piperazine rings is 1. The van der Waals surface area contributed by atoms with Crippen LogP contribution in [0.5, 0.6) is 11.5 Å². The Morgan fingerprint density at radius 1 is 1.11 bits per heavy atom. The summed E-state index contributed by atoms with van der Waals surface area (Å²) < 4.78 is 12.2. The maximum atomic E-state index is 14.1. The number of amides is 2. The number of hydrogen-bond donors (Lipinski definition) is 2. The van der Waals surface area contributed by atoms with Gasteiger partial charge >= 0.3 is 0 Å². The van der Waals surface area contributed by atoms with Crippen molar-refractivity contribution in [3.63, 3.8) is 0 Å². The summed E-state index contributed by atoms with van der Waals surface area (Å²) in [7, 11) is 1.88. The van der Waals surface area contributed by atoms with Gasteiger partial charge in [0, 0.05) is 31.9 Å². The first-order valence-corrected chi connectivity index (χ1v) is 13.0. The first-order valence-electron chi connectivity index (χ1n) is 13.0. The van der Waals surface area contributed by atoms with Gasteiger partial charge in [-0.1, -0.05) is 13.8 Å². The number of nitrogens with zero attached hydrogens (tertiary/aromatic N) is 2. The molecule has 0 aromatic heterocycles. The van der Waals surface area contributed by atoms with Gasteiger partial charge in [0.2, 0.25) is 11.8 Å². The summed E-state index contributed by atoms with van der Waals surface area (Å²) in [6.07, 6.45) is 5.18. The largest absolute Gasteiger partial charge is 0.480 e. The van der Waals surface area contributed by atoms with Crippen LogP contribution in [0.15, 0.2) is 24.5 Å². The Morgan fingerprint density at radius 3 is 2.61 bits per heavy atom. The average Bonchev–Trinajstić information content (AvgIpc) is 3.24. The summed E-state index contributed by atoms with van der Waals surface area (Å²) in [5.41, 5.74) is -2.76. The quantitative estimate of drug-likeness (QED) is 0.578. The Labute approximate surface area is 211 Å². The molecule has 2 N–H and O–H groups in total. The van der Waals surface area contributed by atoms with E-state index in [9.17, 15) is 14.7 Å². The van der Waals surface area contributed by atoms with E-state index in [1.165, 1.54) is 0 Å². The Kier molecular flexibility index (Phi) is 3.83. The molecule has 0 unspecified atom stereocenters. The summed E-state index contributed by atoms with van der Waals surface area (Å²) in [4.78, 5) is 32.2. The molecule has 8 rings (SSSR count). The third kappa shape index (κ3) is 2.18. The molecule has 192 valence electrons. The molecule has 4 saturated heterocycles. The van der Waals surface area contributed by atoms with E-state index in [4.69, 9.17) is 9.47 Å². The lowest BCUT2D eigenvalue weighted by atomic mass is 9.55. The van der Waals surface area contributed by atoms with E-state index in [1.54, 1.807) is 6.26 Å². The summed E-state index contributed by atoms with van der Waals surface area (Å²) >= 11 is 0. The van der Waals surface area contributed by atoms with Crippen LogP contribution in [0.2, 0.25) is 0 Å². The summed E-state index contributed by atoms with van der Waals surface area (Å²) in [6, 6.07) is 3.85. The fourth-order valence-electron chi connectivity index (χ4n) is 9.00. The maximum Gasteiger partial charge on any atom is 0.246 e. The molecule has 7 aliphatic rings. The van der Waals surface area contributed by atoms with Gasteiger partial charge in [0.1, 0.15) is 11.1 Å². The van der Waals surface area contributed by atoms with Gasteiger partial charge in [-0.05, 0) is 69.1 Å². The normalized spacial score (nSPS) is 42.9. The number of ether oxygens (including phenoxy) is 2. The SMILES string of the molecule is CN1C(=O)[C@]23C[C@H]4C(C)(C)[C@@]5(C[C@@]41CN2CC[C@@]3(C)O)C(=O)Nc1cc2c(cc15)OC(C)(C)C=CO2. The molecule has 3 spiro atoms. The molecule has 8 heteroatoms. The Morgan fingerprint density at radius 2 is 1.86 bits per heavy atom. The lowest BCUT2D eigenvalue weighted by molar-refractivity contribution is -0.206. The second-order valence-electron chi connectivity index (χ2n) is 13.3. The number of rotatable bonds is 0. The Balaban J connectivity index is 1.42. The van der Waals surface area contributed by atoms with E-state index < -0.39 is 33.1 Å². The first kappa shape index (κ1) is 22.6.